The predicted molar refractivity (Wildman–Crippen MR) is 75.5 cm³/mol. The molecule has 0 saturated carbocycles. The number of hydrogen-bond acceptors (Lipinski definition) is 2. The molecule has 1 saturated heterocycles. The highest BCUT2D eigenvalue weighted by molar-refractivity contribution is 6.09. The van der Waals surface area contributed by atoms with Gasteiger partial charge in [-0.15, -0.1) is 0 Å². The second-order valence-corrected chi connectivity index (χ2v) is 5.62. The van der Waals surface area contributed by atoms with Crippen molar-refractivity contribution < 1.29 is 9.53 Å². The van der Waals surface area contributed by atoms with Crippen LogP contribution in [0.15, 0.2) is 24.4 Å². The van der Waals surface area contributed by atoms with Crippen molar-refractivity contribution in [3.63, 3.8) is 0 Å². The van der Waals surface area contributed by atoms with E-state index in [0.29, 0.717) is 6.61 Å². The van der Waals surface area contributed by atoms with E-state index in [9.17, 15) is 4.79 Å². The Morgan fingerprint density at radius 3 is 2.89 bits per heavy atom. The standard InChI is InChI=1S/C16H19NO2/c1-10-4-5-13-14(8-17(3)15(13)6-10)16(18)12-7-11(2)19-9-12/h4-6,8,11-12H,7,9H2,1-3H3. The first kappa shape index (κ1) is 12.4. The lowest BCUT2D eigenvalue weighted by Gasteiger charge is -2.05. The lowest BCUT2D eigenvalue weighted by Crippen LogP contribution is -2.14. The fraction of sp³-hybridized carbons (Fsp3) is 0.438. The molecule has 2 aromatic rings. The number of benzene rings is 1. The molecule has 2 unspecified atom stereocenters. The third-order valence-electron chi connectivity index (χ3n) is 3.98. The van der Waals surface area contributed by atoms with Crippen LogP contribution in [-0.4, -0.2) is 23.1 Å². The van der Waals surface area contributed by atoms with E-state index in [1.807, 2.05) is 24.7 Å². The van der Waals surface area contributed by atoms with Crippen LogP contribution in [0.5, 0.6) is 0 Å². The summed E-state index contributed by atoms with van der Waals surface area (Å²) in [5, 5.41) is 1.05. The van der Waals surface area contributed by atoms with Gasteiger partial charge in [-0.3, -0.25) is 4.79 Å². The van der Waals surface area contributed by atoms with Gasteiger partial charge in [-0.05, 0) is 31.9 Å². The zero-order valence-corrected chi connectivity index (χ0v) is 11.6. The molecule has 3 rings (SSSR count). The van der Waals surface area contributed by atoms with Crippen LogP contribution in [0.1, 0.15) is 29.3 Å². The van der Waals surface area contributed by atoms with E-state index in [2.05, 4.69) is 25.1 Å². The Labute approximate surface area is 113 Å². The maximum atomic E-state index is 12.6. The molecule has 1 aliphatic heterocycles. The van der Waals surface area contributed by atoms with Gasteiger partial charge in [0.05, 0.1) is 12.7 Å². The van der Waals surface area contributed by atoms with Gasteiger partial charge >= 0.3 is 0 Å². The number of rotatable bonds is 2. The van der Waals surface area contributed by atoms with E-state index >= 15 is 0 Å². The number of Topliss-reactive ketones (excluding diaryl/α,β-unsaturated/α-hetero) is 1. The number of aryl methyl sites for hydroxylation is 2. The van der Waals surface area contributed by atoms with Gasteiger partial charge in [0.15, 0.2) is 5.78 Å². The van der Waals surface area contributed by atoms with Crippen molar-refractivity contribution in [2.75, 3.05) is 6.61 Å². The molecule has 1 aromatic heterocycles. The molecule has 1 aliphatic rings. The minimum absolute atomic E-state index is 0.0157. The first-order valence-electron chi connectivity index (χ1n) is 6.78. The van der Waals surface area contributed by atoms with Crippen LogP contribution in [0.3, 0.4) is 0 Å². The van der Waals surface area contributed by atoms with E-state index in [-0.39, 0.29) is 17.8 Å². The van der Waals surface area contributed by atoms with Crippen LogP contribution < -0.4 is 0 Å². The monoisotopic (exact) mass is 257 g/mol. The molecule has 1 aromatic carbocycles. The number of ketones is 1. The van der Waals surface area contributed by atoms with Crippen molar-refractivity contribution >= 4 is 16.7 Å². The summed E-state index contributed by atoms with van der Waals surface area (Å²) in [4.78, 5) is 12.6. The van der Waals surface area contributed by atoms with Crippen molar-refractivity contribution in [3.8, 4) is 0 Å². The van der Waals surface area contributed by atoms with Crippen LogP contribution in [0.25, 0.3) is 10.9 Å². The molecule has 2 heterocycles. The summed E-state index contributed by atoms with van der Waals surface area (Å²) in [6.07, 6.45) is 2.99. The summed E-state index contributed by atoms with van der Waals surface area (Å²) < 4.78 is 7.55. The summed E-state index contributed by atoms with van der Waals surface area (Å²) >= 11 is 0. The van der Waals surface area contributed by atoms with Crippen LogP contribution in [0.4, 0.5) is 0 Å². The fourth-order valence-corrected chi connectivity index (χ4v) is 2.91. The third-order valence-corrected chi connectivity index (χ3v) is 3.98. The molecule has 0 spiro atoms. The summed E-state index contributed by atoms with van der Waals surface area (Å²) in [7, 11) is 1.99. The van der Waals surface area contributed by atoms with Crippen LogP contribution in [0.2, 0.25) is 0 Å². The Hall–Kier alpha value is -1.61. The first-order valence-corrected chi connectivity index (χ1v) is 6.78. The van der Waals surface area contributed by atoms with Crippen LogP contribution in [0, 0.1) is 12.8 Å². The number of fused-ring (bicyclic) bond motifs is 1. The number of carbonyl (C=O) groups is 1. The smallest absolute Gasteiger partial charge is 0.170 e. The molecule has 0 aliphatic carbocycles. The number of nitrogens with zero attached hydrogens (tertiary/aromatic N) is 1. The topological polar surface area (TPSA) is 31.2 Å². The molecular formula is C16H19NO2. The zero-order valence-electron chi connectivity index (χ0n) is 11.6. The van der Waals surface area contributed by atoms with Crippen molar-refractivity contribution in [3.05, 3.63) is 35.5 Å². The second-order valence-electron chi connectivity index (χ2n) is 5.62. The van der Waals surface area contributed by atoms with E-state index in [4.69, 9.17) is 4.74 Å². The molecule has 3 heteroatoms. The average molecular weight is 257 g/mol. The molecule has 3 nitrogen and oxygen atoms in total. The van der Waals surface area contributed by atoms with Crippen LogP contribution in [-0.2, 0) is 11.8 Å². The van der Waals surface area contributed by atoms with Gasteiger partial charge in [0.1, 0.15) is 0 Å². The highest BCUT2D eigenvalue weighted by Crippen LogP contribution is 2.28. The lowest BCUT2D eigenvalue weighted by atomic mass is 9.95. The van der Waals surface area contributed by atoms with Crippen molar-refractivity contribution in [1.82, 2.24) is 4.57 Å². The van der Waals surface area contributed by atoms with Gasteiger partial charge in [0.25, 0.3) is 0 Å². The van der Waals surface area contributed by atoms with Crippen LogP contribution >= 0.6 is 0 Å². The molecule has 19 heavy (non-hydrogen) atoms. The minimum atomic E-state index is 0.0157. The highest BCUT2D eigenvalue weighted by atomic mass is 16.5. The molecule has 2 atom stereocenters. The minimum Gasteiger partial charge on any atom is -0.378 e. The molecule has 0 radical (unpaired) electrons. The molecule has 0 bridgehead atoms. The van der Waals surface area contributed by atoms with E-state index < -0.39 is 0 Å². The number of hydrogen-bond donors (Lipinski definition) is 0. The Bertz CT molecular complexity index is 641. The predicted octanol–water partition coefficient (Wildman–Crippen LogP) is 3.09. The van der Waals surface area contributed by atoms with E-state index in [1.54, 1.807) is 0 Å². The number of aromatic nitrogens is 1. The Morgan fingerprint density at radius 1 is 1.42 bits per heavy atom. The van der Waals surface area contributed by atoms with Gasteiger partial charge in [0, 0.05) is 35.6 Å². The van der Waals surface area contributed by atoms with E-state index in [0.717, 1.165) is 22.9 Å². The Balaban J connectivity index is 2.03. The average Bonchev–Trinajstić information content (AvgIpc) is 2.94. The summed E-state index contributed by atoms with van der Waals surface area (Å²) in [6.45, 7) is 4.66. The zero-order chi connectivity index (χ0) is 13.6. The summed E-state index contributed by atoms with van der Waals surface area (Å²) in [5.41, 5.74) is 3.17. The normalized spacial score (nSPS) is 23.1. The highest BCUT2D eigenvalue weighted by Gasteiger charge is 2.30. The third kappa shape index (κ3) is 2.08. The Morgan fingerprint density at radius 2 is 2.21 bits per heavy atom. The lowest BCUT2D eigenvalue weighted by molar-refractivity contribution is 0.0879. The summed E-state index contributed by atoms with van der Waals surface area (Å²) in [5.74, 6) is 0.237. The first-order chi connectivity index (χ1) is 9.06. The molecule has 0 amide bonds. The van der Waals surface area contributed by atoms with Gasteiger partial charge in [-0.2, -0.15) is 0 Å². The molecule has 0 N–H and O–H groups in total. The number of carbonyl (C=O) groups excluding carboxylic acids is 1. The van der Waals surface area contributed by atoms with Crippen molar-refractivity contribution in [2.45, 2.75) is 26.4 Å². The largest absolute Gasteiger partial charge is 0.378 e. The van der Waals surface area contributed by atoms with Gasteiger partial charge in [0.2, 0.25) is 0 Å². The van der Waals surface area contributed by atoms with Gasteiger partial charge in [-0.1, -0.05) is 12.1 Å². The molecular weight excluding hydrogens is 238 g/mol. The maximum Gasteiger partial charge on any atom is 0.170 e. The van der Waals surface area contributed by atoms with Crippen molar-refractivity contribution in [1.29, 1.82) is 0 Å². The van der Waals surface area contributed by atoms with E-state index in [1.165, 1.54) is 5.56 Å². The van der Waals surface area contributed by atoms with Gasteiger partial charge < -0.3 is 9.30 Å². The van der Waals surface area contributed by atoms with Crippen molar-refractivity contribution in [2.24, 2.45) is 13.0 Å². The SMILES string of the molecule is Cc1ccc2c(C(=O)C3COC(C)C3)cn(C)c2c1. The maximum absolute atomic E-state index is 12.6. The fourth-order valence-electron chi connectivity index (χ4n) is 2.91. The number of ether oxygens (including phenoxy) is 1. The molecule has 100 valence electrons. The van der Waals surface area contributed by atoms with Gasteiger partial charge in [-0.25, -0.2) is 0 Å². The summed E-state index contributed by atoms with van der Waals surface area (Å²) in [6, 6.07) is 6.24. The molecule has 1 fully saturated rings. The quantitative estimate of drug-likeness (QED) is 0.774. The second kappa shape index (κ2) is 4.49. The Kier molecular flexibility index (Phi) is 2.94.